The van der Waals surface area contributed by atoms with E-state index in [0.717, 1.165) is 24.2 Å². The lowest BCUT2D eigenvalue weighted by atomic mass is 10.1. The number of hydrogen-bond acceptors (Lipinski definition) is 8. The first-order chi connectivity index (χ1) is 23.2. The molecular weight excluding hydrogens is 711 g/mol. The zero-order valence-electron chi connectivity index (χ0n) is 25.7. The van der Waals surface area contributed by atoms with E-state index in [0.29, 0.717) is 64.5 Å². The van der Waals surface area contributed by atoms with Crippen molar-refractivity contribution in [1.29, 1.82) is 0 Å². The van der Waals surface area contributed by atoms with Crippen molar-refractivity contribution in [3.63, 3.8) is 0 Å². The molecule has 260 valence electrons. The lowest BCUT2D eigenvalue weighted by molar-refractivity contribution is -0.137. The van der Waals surface area contributed by atoms with Gasteiger partial charge in [0.05, 0.1) is 22.1 Å². The Kier molecular flexibility index (Phi) is 9.97. The summed E-state index contributed by atoms with van der Waals surface area (Å²) in [6.07, 6.45) is -2.05. The average Bonchev–Trinajstić information content (AvgIpc) is 3.67. The van der Waals surface area contributed by atoms with Crippen molar-refractivity contribution in [3.05, 3.63) is 94.1 Å². The number of carbonyl (C=O) groups excluding carboxylic acids is 1. The second-order valence-electron chi connectivity index (χ2n) is 11.8. The summed E-state index contributed by atoms with van der Waals surface area (Å²) in [7, 11) is -4.45. The van der Waals surface area contributed by atoms with Gasteiger partial charge >= 0.3 is 6.18 Å². The molecule has 1 atom stereocenters. The number of halogens is 6. The number of benzene rings is 1. The van der Waals surface area contributed by atoms with E-state index in [9.17, 15) is 35.2 Å². The minimum absolute atomic E-state index is 0.151. The van der Waals surface area contributed by atoms with E-state index in [-0.39, 0.29) is 15.1 Å². The number of nitrogens with zero attached hydrogens (tertiary/aromatic N) is 5. The molecule has 17 heteroatoms. The molecule has 1 amide bonds. The first-order valence-corrected chi connectivity index (χ1v) is 17.8. The van der Waals surface area contributed by atoms with Gasteiger partial charge in [0.1, 0.15) is 16.1 Å². The Bertz CT molecular complexity index is 1900. The highest BCUT2D eigenvalue weighted by atomic mass is 35.5. The van der Waals surface area contributed by atoms with Crippen LogP contribution in [0, 0.1) is 0 Å². The Balaban J connectivity index is 1.23. The van der Waals surface area contributed by atoms with Gasteiger partial charge in [0, 0.05) is 63.6 Å². The molecule has 3 aromatic heterocycles. The van der Waals surface area contributed by atoms with E-state index in [4.69, 9.17) is 16.6 Å². The Morgan fingerprint density at radius 2 is 1.67 bits per heavy atom. The third-order valence-corrected chi connectivity index (χ3v) is 11.9. The number of amides is 1. The molecule has 0 bridgehead atoms. The second-order valence-corrected chi connectivity index (χ2v) is 15.6. The first kappa shape index (κ1) is 35.1. The fraction of sp³-hybridized carbons (Fsp3) is 0.344. The molecule has 1 unspecified atom stereocenters. The molecule has 0 spiro atoms. The number of rotatable bonds is 9. The van der Waals surface area contributed by atoms with Crippen LogP contribution in [0.15, 0.2) is 77.3 Å². The summed E-state index contributed by atoms with van der Waals surface area (Å²) in [5.74, 6) is -3.83. The van der Waals surface area contributed by atoms with Gasteiger partial charge in [0.15, 0.2) is 0 Å². The predicted molar refractivity (Wildman–Crippen MR) is 175 cm³/mol. The van der Waals surface area contributed by atoms with Crippen LogP contribution < -0.4 is 10.2 Å². The minimum atomic E-state index is -4.52. The standard InChI is InChI=1S/C32H30ClF5N6O3S2/c33-27-5-6-29(48-27)49(46,47)44-20-31(34,35)17-26(44)30(45)40-18-22-15-25(23-1-3-24(4-2-23)32(36,37)38)41-28(16-22)43-13-11-42(12-14-43)19-21-7-9-39-10-8-21/h1-10,15-16,26H,11-14,17-20H2,(H,40,45). The van der Waals surface area contributed by atoms with Crippen LogP contribution in [0.5, 0.6) is 0 Å². The highest BCUT2D eigenvalue weighted by Crippen LogP contribution is 2.38. The summed E-state index contributed by atoms with van der Waals surface area (Å²) in [6, 6.07) is 12.6. The van der Waals surface area contributed by atoms with Crippen LogP contribution in [0.3, 0.4) is 0 Å². The van der Waals surface area contributed by atoms with Crippen molar-refractivity contribution in [2.24, 2.45) is 0 Å². The second kappa shape index (κ2) is 13.9. The summed E-state index contributed by atoms with van der Waals surface area (Å²) < 4.78 is 95.8. The fourth-order valence-corrected chi connectivity index (χ4v) is 9.04. The van der Waals surface area contributed by atoms with E-state index in [2.05, 4.69) is 15.2 Å². The molecular formula is C32H30ClF5N6O3S2. The van der Waals surface area contributed by atoms with E-state index in [1.54, 1.807) is 24.5 Å². The molecule has 2 aliphatic rings. The smallest absolute Gasteiger partial charge is 0.354 e. The molecule has 4 aromatic rings. The monoisotopic (exact) mass is 740 g/mol. The number of nitrogens with one attached hydrogen (secondary N) is 1. The summed E-state index contributed by atoms with van der Waals surface area (Å²) >= 11 is 6.59. The van der Waals surface area contributed by atoms with Crippen LogP contribution in [0.2, 0.25) is 4.34 Å². The molecule has 0 radical (unpaired) electrons. The number of thiophene rings is 1. The van der Waals surface area contributed by atoms with Gasteiger partial charge in [-0.05, 0) is 59.7 Å². The van der Waals surface area contributed by atoms with Crippen LogP contribution in [0.25, 0.3) is 11.3 Å². The summed E-state index contributed by atoms with van der Waals surface area (Å²) in [6.45, 7) is 2.00. The minimum Gasteiger partial charge on any atom is -0.354 e. The Hall–Kier alpha value is -3.70. The van der Waals surface area contributed by atoms with Crippen molar-refractivity contribution in [2.45, 2.75) is 41.9 Å². The van der Waals surface area contributed by atoms with Crippen LogP contribution in [0.4, 0.5) is 27.8 Å². The Morgan fingerprint density at radius 3 is 2.31 bits per heavy atom. The molecule has 6 rings (SSSR count). The van der Waals surface area contributed by atoms with Crippen molar-refractivity contribution in [3.8, 4) is 11.3 Å². The van der Waals surface area contributed by atoms with E-state index >= 15 is 0 Å². The van der Waals surface area contributed by atoms with Gasteiger partial charge in [-0.25, -0.2) is 22.2 Å². The third kappa shape index (κ3) is 8.20. The van der Waals surface area contributed by atoms with Crippen molar-refractivity contribution in [2.75, 3.05) is 37.6 Å². The molecule has 0 saturated carbocycles. The first-order valence-electron chi connectivity index (χ1n) is 15.2. The van der Waals surface area contributed by atoms with Gasteiger partial charge < -0.3 is 10.2 Å². The number of piperazine rings is 1. The van der Waals surface area contributed by atoms with Gasteiger partial charge in [0.2, 0.25) is 5.91 Å². The predicted octanol–water partition coefficient (Wildman–Crippen LogP) is 5.91. The highest BCUT2D eigenvalue weighted by Gasteiger charge is 2.53. The molecule has 2 saturated heterocycles. The van der Waals surface area contributed by atoms with Crippen LogP contribution >= 0.6 is 22.9 Å². The number of hydrogen-bond donors (Lipinski definition) is 1. The zero-order chi connectivity index (χ0) is 35.0. The lowest BCUT2D eigenvalue weighted by Crippen LogP contribution is -2.46. The van der Waals surface area contributed by atoms with Gasteiger partial charge in [-0.15, -0.1) is 11.3 Å². The molecule has 49 heavy (non-hydrogen) atoms. The van der Waals surface area contributed by atoms with Crippen molar-refractivity contribution in [1.82, 2.24) is 24.5 Å². The molecule has 1 aromatic carbocycles. The van der Waals surface area contributed by atoms with Crippen LogP contribution in [0.1, 0.15) is 23.1 Å². The normalized spacial score (nSPS) is 18.9. The maximum Gasteiger partial charge on any atom is 0.416 e. The molecule has 1 N–H and O–H groups in total. The summed E-state index contributed by atoms with van der Waals surface area (Å²) in [4.78, 5) is 26.4. The maximum absolute atomic E-state index is 14.6. The number of pyridine rings is 2. The molecule has 2 aliphatic heterocycles. The van der Waals surface area contributed by atoms with Crippen LogP contribution in [-0.4, -0.2) is 78.2 Å². The molecule has 9 nitrogen and oxygen atoms in total. The number of sulfonamides is 1. The lowest BCUT2D eigenvalue weighted by Gasteiger charge is -2.35. The topological polar surface area (TPSA) is 98.7 Å². The number of aromatic nitrogens is 2. The number of alkyl halides is 5. The van der Waals surface area contributed by atoms with Crippen molar-refractivity contribution >= 4 is 44.7 Å². The van der Waals surface area contributed by atoms with Crippen LogP contribution in [-0.2, 0) is 34.1 Å². The largest absolute Gasteiger partial charge is 0.416 e. The molecule has 0 aliphatic carbocycles. The number of anilines is 1. The third-order valence-electron chi connectivity index (χ3n) is 8.34. The quantitative estimate of drug-likeness (QED) is 0.213. The zero-order valence-corrected chi connectivity index (χ0v) is 28.1. The summed E-state index contributed by atoms with van der Waals surface area (Å²) in [5.41, 5.74) is 1.55. The van der Waals surface area contributed by atoms with E-state index < -0.39 is 52.6 Å². The highest BCUT2D eigenvalue weighted by molar-refractivity contribution is 7.91. The van der Waals surface area contributed by atoms with Gasteiger partial charge in [-0.2, -0.15) is 17.5 Å². The fourth-order valence-electron chi connectivity index (χ4n) is 5.82. The van der Waals surface area contributed by atoms with Gasteiger partial charge in [-0.3, -0.25) is 14.7 Å². The Labute approximate surface area is 288 Å². The number of carbonyl (C=O) groups is 1. The Morgan fingerprint density at radius 1 is 0.980 bits per heavy atom. The van der Waals surface area contributed by atoms with E-state index in [1.165, 1.54) is 24.3 Å². The molecule has 5 heterocycles. The molecule has 2 fully saturated rings. The SMILES string of the molecule is O=C(NCc1cc(-c2ccc(C(F)(F)F)cc2)nc(N2CCN(Cc3ccncc3)CC2)c1)C1CC(F)(F)CN1S(=O)(=O)c1ccc(Cl)s1. The maximum atomic E-state index is 14.6. The summed E-state index contributed by atoms with van der Waals surface area (Å²) in [5, 5.41) is 2.60. The average molecular weight is 741 g/mol. The van der Waals surface area contributed by atoms with Gasteiger partial charge in [0.25, 0.3) is 15.9 Å². The van der Waals surface area contributed by atoms with Gasteiger partial charge in [-0.1, -0.05) is 23.7 Å². The van der Waals surface area contributed by atoms with E-state index in [1.807, 2.05) is 17.0 Å². The van der Waals surface area contributed by atoms with Crippen molar-refractivity contribution < 1.29 is 35.2 Å².